The molecule has 2 aliphatic rings. The second-order valence-electron chi connectivity index (χ2n) is 7.24. The number of esters is 1. The van der Waals surface area contributed by atoms with Gasteiger partial charge in [-0.2, -0.15) is 0 Å². The molecule has 2 aliphatic carbocycles. The van der Waals surface area contributed by atoms with Crippen molar-refractivity contribution < 1.29 is 19.4 Å². The zero-order valence-corrected chi connectivity index (χ0v) is 14.2. The van der Waals surface area contributed by atoms with Crippen molar-refractivity contribution in [3.05, 3.63) is 29.3 Å². The van der Waals surface area contributed by atoms with E-state index < -0.39 is 5.97 Å². The first-order valence-electron chi connectivity index (χ1n) is 8.70. The number of hydrogen-bond acceptors (Lipinski definition) is 4. The van der Waals surface area contributed by atoms with Crippen molar-refractivity contribution in [3.63, 3.8) is 0 Å². The fourth-order valence-corrected chi connectivity index (χ4v) is 4.34. The zero-order chi connectivity index (χ0) is 17.3. The third-order valence-corrected chi connectivity index (χ3v) is 5.62. The van der Waals surface area contributed by atoms with Crippen LogP contribution in [0.25, 0.3) is 0 Å². The maximum atomic E-state index is 12.1. The number of benzene rings is 1. The molecule has 2 N–H and O–H groups in total. The van der Waals surface area contributed by atoms with Crippen LogP contribution in [0, 0.1) is 24.7 Å². The molecule has 4 atom stereocenters. The molecule has 1 aromatic carbocycles. The van der Waals surface area contributed by atoms with E-state index in [1.165, 1.54) is 31.7 Å². The lowest BCUT2D eigenvalue weighted by Gasteiger charge is -2.28. The normalized spacial score (nSPS) is 26.2. The van der Waals surface area contributed by atoms with Crippen LogP contribution in [0.1, 0.15) is 48.5 Å². The van der Waals surface area contributed by atoms with Crippen LogP contribution in [-0.4, -0.2) is 29.6 Å². The molecular weight excluding hydrogens is 306 g/mol. The molecule has 130 valence electrons. The van der Waals surface area contributed by atoms with E-state index in [1.807, 2.05) is 6.92 Å². The molecule has 5 nitrogen and oxygen atoms in total. The summed E-state index contributed by atoms with van der Waals surface area (Å²) in [5.74, 6) is 1.05. The van der Waals surface area contributed by atoms with Crippen LogP contribution in [0.15, 0.2) is 18.2 Å². The van der Waals surface area contributed by atoms with Gasteiger partial charge in [0.25, 0.3) is 5.91 Å². The van der Waals surface area contributed by atoms with Crippen LogP contribution >= 0.6 is 0 Å². The minimum absolute atomic E-state index is 0.0870. The van der Waals surface area contributed by atoms with E-state index in [0.29, 0.717) is 11.5 Å². The van der Waals surface area contributed by atoms with Crippen LogP contribution < -0.4 is 5.32 Å². The molecule has 5 heteroatoms. The summed E-state index contributed by atoms with van der Waals surface area (Å²) in [4.78, 5) is 24.1. The Hall–Kier alpha value is -2.04. The SMILES string of the molecule is Cc1cccc(C(=O)OCC(=O)N[C@@H](C)[C@H]2C[C@H]3CC[C@H]2C3)c1O. The maximum absolute atomic E-state index is 12.1. The first kappa shape index (κ1) is 16.8. The molecule has 0 aromatic heterocycles. The number of fused-ring (bicyclic) bond motifs is 2. The number of amides is 1. The fourth-order valence-electron chi connectivity index (χ4n) is 4.34. The highest BCUT2D eigenvalue weighted by Gasteiger charge is 2.42. The minimum atomic E-state index is -0.682. The molecule has 2 saturated carbocycles. The fraction of sp³-hybridized carbons (Fsp3) is 0.579. The van der Waals surface area contributed by atoms with Gasteiger partial charge in [0.1, 0.15) is 11.3 Å². The predicted molar refractivity (Wildman–Crippen MR) is 89.7 cm³/mol. The third-order valence-electron chi connectivity index (χ3n) is 5.62. The summed E-state index contributed by atoms with van der Waals surface area (Å²) >= 11 is 0. The highest BCUT2D eigenvalue weighted by molar-refractivity contribution is 5.94. The lowest BCUT2D eigenvalue weighted by atomic mass is 9.84. The van der Waals surface area contributed by atoms with E-state index in [4.69, 9.17) is 4.74 Å². The Morgan fingerprint density at radius 1 is 1.33 bits per heavy atom. The van der Waals surface area contributed by atoms with Crippen molar-refractivity contribution in [2.45, 2.75) is 45.6 Å². The molecule has 24 heavy (non-hydrogen) atoms. The molecule has 0 heterocycles. The average molecular weight is 331 g/mol. The van der Waals surface area contributed by atoms with Gasteiger partial charge in [-0.05, 0) is 62.5 Å². The highest BCUT2D eigenvalue weighted by Crippen LogP contribution is 2.49. The van der Waals surface area contributed by atoms with Crippen LogP contribution in [0.5, 0.6) is 5.75 Å². The Bertz CT molecular complexity index is 642. The Balaban J connectivity index is 1.48. The summed E-state index contributed by atoms with van der Waals surface area (Å²) in [5, 5.41) is 12.8. The number of phenolic OH excluding ortho intramolecular Hbond substituents is 1. The molecule has 2 bridgehead atoms. The average Bonchev–Trinajstić information content (AvgIpc) is 3.18. The Morgan fingerprint density at radius 2 is 2.12 bits per heavy atom. The maximum Gasteiger partial charge on any atom is 0.342 e. The van der Waals surface area contributed by atoms with Gasteiger partial charge >= 0.3 is 5.97 Å². The van der Waals surface area contributed by atoms with Crippen molar-refractivity contribution in [2.75, 3.05) is 6.61 Å². The topological polar surface area (TPSA) is 75.6 Å². The summed E-state index contributed by atoms with van der Waals surface area (Å²) < 4.78 is 5.04. The number of ether oxygens (including phenoxy) is 1. The lowest BCUT2D eigenvalue weighted by Crippen LogP contribution is -2.42. The largest absolute Gasteiger partial charge is 0.507 e. The van der Waals surface area contributed by atoms with E-state index in [1.54, 1.807) is 19.1 Å². The van der Waals surface area contributed by atoms with Gasteiger partial charge in [0.15, 0.2) is 6.61 Å². The van der Waals surface area contributed by atoms with Crippen LogP contribution in [0.4, 0.5) is 0 Å². The molecule has 0 radical (unpaired) electrons. The highest BCUT2D eigenvalue weighted by atomic mass is 16.5. The van der Waals surface area contributed by atoms with E-state index >= 15 is 0 Å². The molecule has 1 amide bonds. The number of phenols is 1. The number of aromatic hydroxyl groups is 1. The first-order valence-corrected chi connectivity index (χ1v) is 8.70. The number of hydrogen-bond donors (Lipinski definition) is 2. The predicted octanol–water partition coefficient (Wildman–Crippen LogP) is 2.80. The van der Waals surface area contributed by atoms with Crippen molar-refractivity contribution in [1.29, 1.82) is 0 Å². The number of para-hydroxylation sites is 1. The second kappa shape index (κ2) is 6.83. The molecule has 1 aromatic rings. The Morgan fingerprint density at radius 3 is 2.79 bits per heavy atom. The van der Waals surface area contributed by atoms with Crippen molar-refractivity contribution in [2.24, 2.45) is 17.8 Å². The van der Waals surface area contributed by atoms with Crippen molar-refractivity contribution in [3.8, 4) is 5.75 Å². The standard InChI is InChI=1S/C19H25NO4/c1-11-4-3-5-15(18(11)22)19(23)24-10-17(21)20-12(2)16-9-13-6-7-14(16)8-13/h3-5,12-14,16,22H,6-10H2,1-2H3,(H,20,21)/t12-,13-,14-,16+/m0/s1. The Kier molecular flexibility index (Phi) is 4.78. The molecule has 0 saturated heterocycles. The number of carbonyl (C=O) groups is 2. The van der Waals surface area contributed by atoms with E-state index in [-0.39, 0.29) is 29.9 Å². The van der Waals surface area contributed by atoms with Gasteiger partial charge in [-0.25, -0.2) is 4.79 Å². The quantitative estimate of drug-likeness (QED) is 0.814. The first-order chi connectivity index (χ1) is 11.5. The van der Waals surface area contributed by atoms with Crippen LogP contribution in [0.2, 0.25) is 0 Å². The summed E-state index contributed by atoms with van der Waals surface area (Å²) in [7, 11) is 0. The molecule has 2 fully saturated rings. The second-order valence-corrected chi connectivity index (χ2v) is 7.24. The molecule has 3 rings (SSSR count). The molecule has 0 spiro atoms. The molecule has 0 unspecified atom stereocenters. The van der Waals surface area contributed by atoms with E-state index in [0.717, 1.165) is 11.8 Å². The van der Waals surface area contributed by atoms with Gasteiger partial charge < -0.3 is 15.2 Å². The molecular formula is C19H25NO4. The van der Waals surface area contributed by atoms with Gasteiger partial charge in [0, 0.05) is 6.04 Å². The number of carbonyl (C=O) groups excluding carboxylic acids is 2. The smallest absolute Gasteiger partial charge is 0.342 e. The van der Waals surface area contributed by atoms with Crippen LogP contribution in [-0.2, 0) is 9.53 Å². The third kappa shape index (κ3) is 3.40. The monoisotopic (exact) mass is 331 g/mol. The van der Waals surface area contributed by atoms with Gasteiger partial charge in [-0.15, -0.1) is 0 Å². The number of aryl methyl sites for hydroxylation is 1. The van der Waals surface area contributed by atoms with Gasteiger partial charge in [0.05, 0.1) is 0 Å². The number of rotatable bonds is 5. The minimum Gasteiger partial charge on any atom is -0.507 e. The van der Waals surface area contributed by atoms with Crippen molar-refractivity contribution in [1.82, 2.24) is 5.32 Å². The zero-order valence-electron chi connectivity index (χ0n) is 14.2. The van der Waals surface area contributed by atoms with E-state index in [9.17, 15) is 14.7 Å². The molecule has 0 aliphatic heterocycles. The van der Waals surface area contributed by atoms with Gasteiger partial charge in [-0.1, -0.05) is 18.6 Å². The summed E-state index contributed by atoms with van der Waals surface area (Å²) in [6.45, 7) is 3.42. The van der Waals surface area contributed by atoms with E-state index in [2.05, 4.69) is 5.32 Å². The Labute approximate surface area is 142 Å². The number of nitrogens with one attached hydrogen (secondary N) is 1. The summed E-state index contributed by atoms with van der Waals surface area (Å²) in [6.07, 6.45) is 5.10. The summed E-state index contributed by atoms with van der Waals surface area (Å²) in [5.41, 5.74) is 0.683. The lowest BCUT2D eigenvalue weighted by molar-refractivity contribution is -0.125. The van der Waals surface area contributed by atoms with Crippen molar-refractivity contribution >= 4 is 11.9 Å². The summed E-state index contributed by atoms with van der Waals surface area (Å²) in [6, 6.07) is 4.97. The van der Waals surface area contributed by atoms with Gasteiger partial charge in [0.2, 0.25) is 0 Å². The van der Waals surface area contributed by atoms with Gasteiger partial charge in [-0.3, -0.25) is 4.79 Å². The van der Waals surface area contributed by atoms with Crippen LogP contribution in [0.3, 0.4) is 0 Å².